The van der Waals surface area contributed by atoms with Crippen molar-refractivity contribution in [3.8, 4) is 0 Å². The summed E-state index contributed by atoms with van der Waals surface area (Å²) in [5, 5.41) is 0. The van der Waals surface area contributed by atoms with Crippen molar-refractivity contribution in [2.24, 2.45) is 5.84 Å². The average Bonchev–Trinajstić information content (AvgIpc) is 2.48. The summed E-state index contributed by atoms with van der Waals surface area (Å²) in [6, 6.07) is 8.42. The van der Waals surface area contributed by atoms with E-state index in [9.17, 15) is 4.39 Å². The molecule has 1 aromatic heterocycles. The molecule has 3 nitrogen and oxygen atoms in total. The van der Waals surface area contributed by atoms with Gasteiger partial charge in [0.05, 0.1) is 6.04 Å². The number of nitrogens with one attached hydrogen (secondary N) is 1. The van der Waals surface area contributed by atoms with Gasteiger partial charge in [-0.1, -0.05) is 28.9 Å². The van der Waals surface area contributed by atoms with Gasteiger partial charge in [-0.25, -0.2) is 4.39 Å². The molecule has 20 heavy (non-hydrogen) atoms. The Morgan fingerprint density at radius 2 is 2.15 bits per heavy atom. The average molecular weight is 338 g/mol. The van der Waals surface area contributed by atoms with Crippen molar-refractivity contribution >= 4 is 15.9 Å². The zero-order valence-corrected chi connectivity index (χ0v) is 12.8. The quantitative estimate of drug-likeness (QED) is 0.650. The van der Waals surface area contributed by atoms with Gasteiger partial charge in [-0.2, -0.15) is 0 Å². The van der Waals surface area contributed by atoms with Crippen LogP contribution in [-0.4, -0.2) is 4.98 Å². The van der Waals surface area contributed by atoms with E-state index in [1.165, 1.54) is 17.7 Å². The Bertz CT molecular complexity index is 572. The van der Waals surface area contributed by atoms with Crippen LogP contribution in [0.4, 0.5) is 4.39 Å². The Morgan fingerprint density at radius 1 is 1.35 bits per heavy atom. The van der Waals surface area contributed by atoms with E-state index < -0.39 is 0 Å². The Morgan fingerprint density at radius 3 is 2.75 bits per heavy atom. The first-order valence-corrected chi connectivity index (χ1v) is 7.28. The third-order valence-corrected chi connectivity index (χ3v) is 3.96. The van der Waals surface area contributed by atoms with Crippen molar-refractivity contribution in [1.82, 2.24) is 10.4 Å². The number of nitrogens with zero attached hydrogens (tertiary/aromatic N) is 1. The molecule has 0 amide bonds. The normalized spacial score (nSPS) is 12.4. The molecule has 0 saturated heterocycles. The number of hydrazine groups is 1. The van der Waals surface area contributed by atoms with Crippen LogP contribution in [0.5, 0.6) is 0 Å². The maximum Gasteiger partial charge on any atom is 0.123 e. The largest absolute Gasteiger partial charge is 0.271 e. The fourth-order valence-electron chi connectivity index (χ4n) is 2.03. The van der Waals surface area contributed by atoms with Gasteiger partial charge in [-0.05, 0) is 41.8 Å². The van der Waals surface area contributed by atoms with Crippen molar-refractivity contribution < 1.29 is 4.39 Å². The van der Waals surface area contributed by atoms with Crippen LogP contribution in [0, 0.1) is 5.82 Å². The van der Waals surface area contributed by atoms with Gasteiger partial charge in [0.1, 0.15) is 5.82 Å². The Labute approximate surface area is 126 Å². The summed E-state index contributed by atoms with van der Waals surface area (Å²) < 4.78 is 14.2. The highest BCUT2D eigenvalue weighted by molar-refractivity contribution is 9.10. The summed E-state index contributed by atoms with van der Waals surface area (Å²) in [5.41, 5.74) is 5.62. The summed E-state index contributed by atoms with van der Waals surface area (Å²) in [5.74, 6) is 5.33. The number of halogens is 2. The van der Waals surface area contributed by atoms with Gasteiger partial charge in [0.2, 0.25) is 0 Å². The standard InChI is InChI=1S/C15H17BrFN3/c1-2-10-3-5-12(19-9-10)8-15(20-18)13-7-11(17)4-6-14(13)16/h3-7,9,15,20H,2,8,18H2,1H3. The minimum absolute atomic E-state index is 0.194. The van der Waals surface area contributed by atoms with Crippen LogP contribution < -0.4 is 11.3 Å². The van der Waals surface area contributed by atoms with Gasteiger partial charge in [0.25, 0.3) is 0 Å². The smallest absolute Gasteiger partial charge is 0.123 e. The second kappa shape index (κ2) is 6.92. The van der Waals surface area contributed by atoms with Gasteiger partial charge < -0.3 is 0 Å². The third kappa shape index (κ3) is 3.62. The maximum absolute atomic E-state index is 13.4. The molecular weight excluding hydrogens is 321 g/mol. The Balaban J connectivity index is 2.21. The topological polar surface area (TPSA) is 50.9 Å². The minimum Gasteiger partial charge on any atom is -0.271 e. The lowest BCUT2D eigenvalue weighted by atomic mass is 10.0. The molecule has 1 atom stereocenters. The molecule has 1 heterocycles. The van der Waals surface area contributed by atoms with Crippen molar-refractivity contribution in [2.75, 3.05) is 0 Å². The molecule has 1 unspecified atom stereocenters. The first-order chi connectivity index (χ1) is 9.63. The molecule has 106 valence electrons. The SMILES string of the molecule is CCc1ccc(CC(NN)c2cc(F)ccc2Br)nc1. The number of benzene rings is 1. The number of nitrogens with two attached hydrogens (primary N) is 1. The van der Waals surface area contributed by atoms with Crippen LogP contribution >= 0.6 is 15.9 Å². The van der Waals surface area contributed by atoms with E-state index in [1.54, 1.807) is 6.07 Å². The zero-order chi connectivity index (χ0) is 14.5. The first kappa shape index (κ1) is 15.1. The van der Waals surface area contributed by atoms with E-state index in [2.05, 4.69) is 39.3 Å². The number of rotatable bonds is 5. The van der Waals surface area contributed by atoms with Crippen LogP contribution in [0.15, 0.2) is 41.0 Å². The summed E-state index contributed by atoms with van der Waals surface area (Å²) in [7, 11) is 0. The van der Waals surface area contributed by atoms with Gasteiger partial charge in [-0.15, -0.1) is 0 Å². The van der Waals surface area contributed by atoms with Crippen molar-refractivity contribution in [2.45, 2.75) is 25.8 Å². The van der Waals surface area contributed by atoms with E-state index in [1.807, 2.05) is 12.3 Å². The molecule has 0 aliphatic carbocycles. The fraction of sp³-hybridized carbons (Fsp3) is 0.267. The van der Waals surface area contributed by atoms with E-state index in [0.717, 1.165) is 22.2 Å². The molecule has 0 saturated carbocycles. The number of pyridine rings is 1. The lowest BCUT2D eigenvalue weighted by molar-refractivity contribution is 0.537. The number of hydrogen-bond acceptors (Lipinski definition) is 3. The number of aryl methyl sites for hydroxylation is 1. The summed E-state index contributed by atoms with van der Waals surface area (Å²) in [6.45, 7) is 2.09. The monoisotopic (exact) mass is 337 g/mol. The van der Waals surface area contributed by atoms with E-state index in [4.69, 9.17) is 5.84 Å². The summed E-state index contributed by atoms with van der Waals surface area (Å²) in [6.07, 6.45) is 3.42. The first-order valence-electron chi connectivity index (χ1n) is 6.49. The molecule has 2 rings (SSSR count). The summed E-state index contributed by atoms with van der Waals surface area (Å²) >= 11 is 3.43. The van der Waals surface area contributed by atoms with Crippen LogP contribution in [-0.2, 0) is 12.8 Å². The predicted octanol–water partition coefficient (Wildman–Crippen LogP) is 3.29. The van der Waals surface area contributed by atoms with Gasteiger partial charge in [0, 0.05) is 22.8 Å². The minimum atomic E-state index is -0.280. The Kier molecular flexibility index (Phi) is 5.23. The molecule has 0 aliphatic rings. The summed E-state index contributed by atoms with van der Waals surface area (Å²) in [4.78, 5) is 4.41. The van der Waals surface area contributed by atoms with Crippen molar-refractivity contribution in [3.63, 3.8) is 0 Å². The van der Waals surface area contributed by atoms with Crippen LogP contribution in [0.25, 0.3) is 0 Å². The Hall–Kier alpha value is -1.30. The highest BCUT2D eigenvalue weighted by atomic mass is 79.9. The van der Waals surface area contributed by atoms with E-state index in [-0.39, 0.29) is 11.9 Å². The fourth-order valence-corrected chi connectivity index (χ4v) is 2.56. The zero-order valence-electron chi connectivity index (χ0n) is 11.2. The lowest BCUT2D eigenvalue weighted by Gasteiger charge is -2.17. The highest BCUT2D eigenvalue weighted by Gasteiger charge is 2.15. The third-order valence-electron chi connectivity index (χ3n) is 3.24. The van der Waals surface area contributed by atoms with Gasteiger partial charge >= 0.3 is 0 Å². The van der Waals surface area contributed by atoms with Crippen molar-refractivity contribution in [3.05, 3.63) is 63.6 Å². The highest BCUT2D eigenvalue weighted by Crippen LogP contribution is 2.26. The molecule has 0 radical (unpaired) electrons. The molecule has 1 aromatic carbocycles. The van der Waals surface area contributed by atoms with Gasteiger partial charge in [0.15, 0.2) is 0 Å². The molecule has 0 fully saturated rings. The molecule has 3 N–H and O–H groups in total. The van der Waals surface area contributed by atoms with Gasteiger partial charge in [-0.3, -0.25) is 16.3 Å². The lowest BCUT2D eigenvalue weighted by Crippen LogP contribution is -2.30. The second-order valence-corrected chi connectivity index (χ2v) is 5.45. The number of hydrogen-bond donors (Lipinski definition) is 2. The molecule has 0 bridgehead atoms. The number of aromatic nitrogens is 1. The van der Waals surface area contributed by atoms with Crippen molar-refractivity contribution in [1.29, 1.82) is 0 Å². The van der Waals surface area contributed by atoms with E-state index in [0.29, 0.717) is 6.42 Å². The molecule has 0 aliphatic heterocycles. The molecule has 2 aromatic rings. The molecule has 5 heteroatoms. The second-order valence-electron chi connectivity index (χ2n) is 4.60. The maximum atomic E-state index is 13.4. The molecular formula is C15H17BrFN3. The van der Waals surface area contributed by atoms with E-state index >= 15 is 0 Å². The van der Waals surface area contributed by atoms with Crippen LogP contribution in [0.1, 0.15) is 29.8 Å². The van der Waals surface area contributed by atoms with Crippen LogP contribution in [0.2, 0.25) is 0 Å². The molecule has 0 spiro atoms. The van der Waals surface area contributed by atoms with Crippen LogP contribution in [0.3, 0.4) is 0 Å². The predicted molar refractivity (Wildman–Crippen MR) is 81.5 cm³/mol.